The van der Waals surface area contributed by atoms with E-state index >= 15 is 0 Å². The van der Waals surface area contributed by atoms with Crippen molar-refractivity contribution in [1.29, 1.82) is 0 Å². The summed E-state index contributed by atoms with van der Waals surface area (Å²) in [6, 6.07) is -0.430. The number of rotatable bonds is 16. The fraction of sp³-hybridized carbons (Fsp3) is 0.774. The van der Waals surface area contributed by atoms with Crippen LogP contribution in [-0.2, 0) is 19.1 Å². The number of esters is 1. The van der Waals surface area contributed by atoms with Crippen LogP contribution in [0, 0.1) is 11.8 Å². The molecule has 1 saturated carbocycles. The Balaban J connectivity index is 1.61. The average Bonchev–Trinajstić information content (AvgIpc) is 3.55. The van der Waals surface area contributed by atoms with Gasteiger partial charge in [-0.15, -0.1) is 24.9 Å². The van der Waals surface area contributed by atoms with E-state index in [0.29, 0.717) is 26.1 Å². The molecule has 3 saturated heterocycles. The number of nitrogens with zero attached hydrogens (tertiary/aromatic N) is 2. The van der Waals surface area contributed by atoms with Gasteiger partial charge >= 0.3 is 5.97 Å². The van der Waals surface area contributed by atoms with Crippen LogP contribution in [0.1, 0.15) is 83.5 Å². The van der Waals surface area contributed by atoms with Crippen molar-refractivity contribution in [2.75, 3.05) is 26.3 Å². The number of hydrogen-bond acceptors (Lipinski definition) is 6. The third-order valence-electron chi connectivity index (χ3n) is 9.27. The minimum Gasteiger partial charge on any atom is -0.465 e. The predicted octanol–water partition coefficient (Wildman–Crippen LogP) is 5.25. The van der Waals surface area contributed by atoms with Crippen LogP contribution >= 0.6 is 27.7 Å². The van der Waals surface area contributed by atoms with E-state index in [1.54, 1.807) is 17.8 Å². The highest BCUT2D eigenvalue weighted by atomic mass is 79.9. The third-order valence-corrected chi connectivity index (χ3v) is 12.5. The van der Waals surface area contributed by atoms with Gasteiger partial charge in [0, 0.05) is 35.8 Å². The summed E-state index contributed by atoms with van der Waals surface area (Å²) in [5.41, 5.74) is 0. The Bertz CT molecular complexity index is 927. The summed E-state index contributed by atoms with van der Waals surface area (Å²) in [6.07, 6.45) is 15.6. The molecule has 1 spiro atoms. The summed E-state index contributed by atoms with van der Waals surface area (Å²) in [5, 5.41) is 9.10. The molecular formula is C31H47BrN2O5S. The lowest BCUT2D eigenvalue weighted by molar-refractivity contribution is -0.154. The lowest BCUT2D eigenvalue weighted by atomic mass is 9.71. The number of ether oxygens (including phenoxy) is 1. The maximum atomic E-state index is 14.6. The minimum absolute atomic E-state index is 0.0179. The number of likely N-dealkylation sites (tertiary alicyclic amines) is 1. The first kappa shape index (κ1) is 31.6. The van der Waals surface area contributed by atoms with Crippen LogP contribution < -0.4 is 0 Å². The van der Waals surface area contributed by atoms with Gasteiger partial charge in [-0.3, -0.25) is 14.4 Å². The lowest BCUT2D eigenvalue weighted by Crippen LogP contribution is -2.57. The number of aliphatic hydroxyl groups is 1. The van der Waals surface area contributed by atoms with Crippen molar-refractivity contribution in [3.63, 3.8) is 0 Å². The van der Waals surface area contributed by atoms with E-state index in [-0.39, 0.29) is 40.5 Å². The maximum absolute atomic E-state index is 14.6. The van der Waals surface area contributed by atoms with Gasteiger partial charge in [0.1, 0.15) is 6.04 Å². The van der Waals surface area contributed by atoms with Gasteiger partial charge < -0.3 is 19.6 Å². The van der Waals surface area contributed by atoms with Gasteiger partial charge in [-0.2, -0.15) is 0 Å². The van der Waals surface area contributed by atoms with E-state index < -0.39 is 22.6 Å². The Kier molecular flexibility index (Phi) is 11.6. The number of amides is 2. The Morgan fingerprint density at radius 2 is 1.85 bits per heavy atom. The van der Waals surface area contributed by atoms with Crippen molar-refractivity contribution in [2.24, 2.45) is 11.8 Å². The molecule has 9 heteroatoms. The van der Waals surface area contributed by atoms with Crippen molar-refractivity contribution < 1.29 is 24.2 Å². The molecular weight excluding hydrogens is 592 g/mol. The Hall–Kier alpha value is -1.32. The van der Waals surface area contributed by atoms with Crippen LogP contribution in [0.15, 0.2) is 25.3 Å². The molecule has 224 valence electrons. The Morgan fingerprint density at radius 1 is 1.10 bits per heavy atom. The van der Waals surface area contributed by atoms with Gasteiger partial charge in [0.2, 0.25) is 11.8 Å². The number of allylic oxidation sites excluding steroid dienone is 1. The van der Waals surface area contributed by atoms with Gasteiger partial charge in [-0.25, -0.2) is 0 Å². The summed E-state index contributed by atoms with van der Waals surface area (Å²) in [7, 11) is 0. The molecule has 2 amide bonds. The minimum atomic E-state index is -0.640. The molecule has 4 aliphatic rings. The van der Waals surface area contributed by atoms with Gasteiger partial charge in [0.25, 0.3) is 0 Å². The monoisotopic (exact) mass is 638 g/mol. The molecule has 40 heavy (non-hydrogen) atoms. The number of aliphatic hydroxyl groups excluding tert-OH is 1. The molecule has 0 aromatic rings. The second kappa shape index (κ2) is 14.7. The van der Waals surface area contributed by atoms with E-state index in [1.165, 1.54) is 6.42 Å². The molecule has 4 rings (SSSR count). The normalized spacial score (nSPS) is 31.3. The van der Waals surface area contributed by atoms with Gasteiger partial charge in [-0.1, -0.05) is 60.2 Å². The first-order chi connectivity index (χ1) is 19.4. The summed E-state index contributed by atoms with van der Waals surface area (Å²) < 4.78 is 5.11. The predicted molar refractivity (Wildman–Crippen MR) is 163 cm³/mol. The zero-order chi connectivity index (χ0) is 28.7. The highest BCUT2D eigenvalue weighted by Gasteiger charge is 2.76. The molecule has 1 N–H and O–H groups in total. The number of carbonyl (C=O) groups is 3. The molecule has 0 radical (unpaired) electrons. The molecule has 2 bridgehead atoms. The topological polar surface area (TPSA) is 87.1 Å². The van der Waals surface area contributed by atoms with Crippen molar-refractivity contribution in [2.45, 2.75) is 110 Å². The molecule has 1 aliphatic carbocycles. The molecule has 0 aromatic heterocycles. The lowest BCUT2D eigenvalue weighted by Gasteiger charge is -2.41. The average molecular weight is 640 g/mol. The van der Waals surface area contributed by atoms with E-state index in [1.807, 2.05) is 15.9 Å². The van der Waals surface area contributed by atoms with Crippen LogP contribution in [0.2, 0.25) is 0 Å². The molecule has 7 nitrogen and oxygen atoms in total. The number of alkyl halides is 1. The largest absolute Gasteiger partial charge is 0.465 e. The summed E-state index contributed by atoms with van der Waals surface area (Å²) >= 11 is 5.53. The zero-order valence-electron chi connectivity index (χ0n) is 23.8. The second-order valence-electron chi connectivity index (χ2n) is 11.9. The highest BCUT2D eigenvalue weighted by molar-refractivity contribution is 9.09. The van der Waals surface area contributed by atoms with Crippen molar-refractivity contribution in [3.8, 4) is 0 Å². The number of halogens is 1. The standard InChI is InChI=1S/C31H47BrN2O5S/c1-3-5-6-14-20-39-30(38)24-25-28(36)34(18-12-7-8-13-19-35)27(31(25)21-23(32)26(24)40-31)29(37)33(17-4-2)22-15-10-9-11-16-22/h3-4,22-27,35H,1-2,5-21H2/t23?,24-,25-,26-,27?,31?/m0/s1. The fourth-order valence-corrected chi connectivity index (χ4v) is 11.0. The van der Waals surface area contributed by atoms with Crippen molar-refractivity contribution >= 4 is 45.5 Å². The molecule has 3 unspecified atom stereocenters. The van der Waals surface area contributed by atoms with Crippen LogP contribution in [0.3, 0.4) is 0 Å². The summed E-state index contributed by atoms with van der Waals surface area (Å²) in [4.78, 5) is 46.2. The number of hydrogen-bond donors (Lipinski definition) is 1. The molecule has 6 atom stereocenters. The Labute approximate surface area is 252 Å². The van der Waals surface area contributed by atoms with E-state index in [4.69, 9.17) is 4.74 Å². The zero-order valence-corrected chi connectivity index (χ0v) is 26.2. The molecule has 4 fully saturated rings. The van der Waals surface area contributed by atoms with Crippen LogP contribution in [0.4, 0.5) is 0 Å². The number of unbranched alkanes of at least 4 members (excludes halogenated alkanes) is 5. The molecule has 3 heterocycles. The first-order valence-electron chi connectivity index (χ1n) is 15.3. The van der Waals surface area contributed by atoms with Gasteiger partial charge in [0.05, 0.1) is 23.2 Å². The Morgan fingerprint density at radius 3 is 2.55 bits per heavy atom. The number of carbonyl (C=O) groups excluding carboxylic acids is 3. The van der Waals surface area contributed by atoms with Crippen LogP contribution in [0.25, 0.3) is 0 Å². The van der Waals surface area contributed by atoms with Crippen LogP contribution in [0.5, 0.6) is 0 Å². The van der Waals surface area contributed by atoms with Gasteiger partial charge in [-0.05, 0) is 51.4 Å². The second-order valence-corrected chi connectivity index (χ2v) is 14.6. The SMILES string of the molecule is C=CCCCCOC(=O)[C@H]1[C@H]2C(=O)N(CCCCCCO)C(C(=O)N(CC=C)C3CCCCC3)C23CC(Br)[C@@H]1S3. The third kappa shape index (κ3) is 6.36. The first-order valence-corrected chi connectivity index (χ1v) is 17.1. The summed E-state index contributed by atoms with van der Waals surface area (Å²) in [6.45, 7) is 9.16. The highest BCUT2D eigenvalue weighted by Crippen LogP contribution is 2.68. The van der Waals surface area contributed by atoms with Crippen molar-refractivity contribution in [3.05, 3.63) is 25.3 Å². The summed E-state index contributed by atoms with van der Waals surface area (Å²) in [5.74, 6) is -1.44. The van der Waals surface area contributed by atoms with Crippen molar-refractivity contribution in [1.82, 2.24) is 9.80 Å². The smallest absolute Gasteiger partial charge is 0.310 e. The van der Waals surface area contributed by atoms with E-state index in [0.717, 1.165) is 70.6 Å². The number of fused-ring (bicyclic) bond motifs is 1. The van der Waals surface area contributed by atoms with E-state index in [2.05, 4.69) is 29.1 Å². The molecule has 0 aromatic carbocycles. The van der Waals surface area contributed by atoms with Crippen LogP contribution in [-0.4, -0.2) is 85.9 Å². The molecule has 3 aliphatic heterocycles. The van der Waals surface area contributed by atoms with Gasteiger partial charge in [0.15, 0.2) is 0 Å². The number of thioether (sulfide) groups is 1. The maximum Gasteiger partial charge on any atom is 0.310 e. The fourth-order valence-electron chi connectivity index (χ4n) is 7.43. The quantitative estimate of drug-likeness (QED) is 0.108. The van der Waals surface area contributed by atoms with E-state index in [9.17, 15) is 19.5 Å².